The maximum Gasteiger partial charge on any atom is 0.0484 e. The smallest absolute Gasteiger partial charge is 0.0484 e. The number of rotatable bonds is 6. The van der Waals surface area contributed by atoms with Gasteiger partial charge in [-0.2, -0.15) is 0 Å². The molecule has 0 aliphatic carbocycles. The van der Waals surface area contributed by atoms with Gasteiger partial charge in [0, 0.05) is 60.3 Å². The standard InChI is InChI=1S/C40H62N2Si2/c1-25(2)29-19-17-20-30(26(3)4)33(29)41-35(37(9,10)23-39(41,13)14)43-44-36-38(11,12)24-40(15,16)42(36)34-31(27(5)6)21-18-22-32(34)28(7)8/h17-22,25-28H,23-24H2,1-16H3. The third-order valence-corrected chi connectivity index (χ3v) is 14.3. The van der Waals surface area contributed by atoms with Crippen molar-refractivity contribution < 1.29 is 0 Å². The van der Waals surface area contributed by atoms with Crippen LogP contribution in [-0.4, -0.2) is 38.1 Å². The van der Waals surface area contributed by atoms with Crippen molar-refractivity contribution in [1.82, 2.24) is 0 Å². The number of anilines is 2. The molecule has 4 rings (SSSR count). The van der Waals surface area contributed by atoms with Gasteiger partial charge in [0.15, 0.2) is 0 Å². The van der Waals surface area contributed by atoms with Crippen molar-refractivity contribution in [2.24, 2.45) is 10.8 Å². The highest BCUT2D eigenvalue weighted by atomic mass is 28.8. The van der Waals surface area contributed by atoms with Gasteiger partial charge in [-0.05, 0) is 86.5 Å². The van der Waals surface area contributed by atoms with E-state index in [2.05, 4.69) is 157 Å². The molecular weight excluding hydrogens is 565 g/mol. The Labute approximate surface area is 275 Å². The second-order valence-electron chi connectivity index (χ2n) is 17.6. The fourth-order valence-electron chi connectivity index (χ4n) is 8.64. The van der Waals surface area contributed by atoms with E-state index in [1.807, 2.05) is 0 Å². The summed E-state index contributed by atoms with van der Waals surface area (Å²) < 4.78 is 0. The Morgan fingerprint density at radius 1 is 0.477 bits per heavy atom. The Kier molecular flexibility index (Phi) is 9.65. The third-order valence-electron chi connectivity index (χ3n) is 10.1. The van der Waals surface area contributed by atoms with Crippen LogP contribution in [0.3, 0.4) is 0 Å². The SMILES string of the molecule is CC(C)c1cccc(C(C)C)c1N1C(=[Si]=[Si]=C2N(c3c(C(C)C)cccc3C(C)C)C(C)(C)CC2(C)C)C(C)(C)CC1(C)C. The van der Waals surface area contributed by atoms with Crippen molar-refractivity contribution in [3.63, 3.8) is 0 Å². The van der Waals surface area contributed by atoms with Gasteiger partial charge in [-0.15, -0.1) is 0 Å². The van der Waals surface area contributed by atoms with Crippen molar-refractivity contribution in [3.05, 3.63) is 58.7 Å². The summed E-state index contributed by atoms with van der Waals surface area (Å²) in [6, 6.07) is 14.2. The quantitative estimate of drug-likeness (QED) is 0.294. The van der Waals surface area contributed by atoms with Crippen LogP contribution in [0, 0.1) is 10.8 Å². The summed E-state index contributed by atoms with van der Waals surface area (Å²) in [5.41, 5.74) is 9.41. The minimum atomic E-state index is 0.0643. The molecular formula is C40H62N2Si2. The van der Waals surface area contributed by atoms with Gasteiger partial charge in [0.2, 0.25) is 0 Å². The fraction of sp³-hybridized carbons (Fsp3) is 0.650. The lowest BCUT2D eigenvalue weighted by atomic mass is 9.85. The molecule has 2 aromatic rings. The van der Waals surface area contributed by atoms with E-state index in [0.717, 1.165) is 16.5 Å². The zero-order valence-corrected chi connectivity index (χ0v) is 33.1. The maximum absolute atomic E-state index is 2.85. The number of hydrogen-bond donors (Lipinski definition) is 0. The van der Waals surface area contributed by atoms with Gasteiger partial charge >= 0.3 is 0 Å². The number of para-hydroxylation sites is 2. The Hall–Kier alpha value is -1.79. The molecule has 0 aromatic heterocycles. The summed E-state index contributed by atoms with van der Waals surface area (Å²) >= 11 is 0. The Morgan fingerprint density at radius 2 is 0.727 bits per heavy atom. The lowest BCUT2D eigenvalue weighted by Crippen LogP contribution is -2.45. The zero-order chi connectivity index (χ0) is 33.2. The second kappa shape index (κ2) is 12.1. The first-order chi connectivity index (χ1) is 20.1. The first-order valence-corrected chi connectivity index (χ1v) is 20.3. The third kappa shape index (κ3) is 6.28. The number of benzene rings is 2. The molecule has 4 heteroatoms. The van der Waals surface area contributed by atoms with Crippen LogP contribution in [0.4, 0.5) is 11.4 Å². The highest BCUT2D eigenvalue weighted by molar-refractivity contribution is 6.86. The molecule has 44 heavy (non-hydrogen) atoms. The summed E-state index contributed by atoms with van der Waals surface area (Å²) in [4.78, 5) is 5.70. The van der Waals surface area contributed by atoms with Crippen molar-refractivity contribution in [3.8, 4) is 0 Å². The van der Waals surface area contributed by atoms with E-state index >= 15 is 0 Å². The lowest BCUT2D eigenvalue weighted by molar-refractivity contribution is 0.404. The van der Waals surface area contributed by atoms with Crippen molar-refractivity contribution >= 4 is 38.4 Å². The fourth-order valence-corrected chi connectivity index (χ4v) is 14.2. The summed E-state index contributed by atoms with van der Waals surface area (Å²) in [7, 11) is 1.54. The molecule has 2 heterocycles. The van der Waals surface area contributed by atoms with Gasteiger partial charge in [0.05, 0.1) is 0 Å². The first kappa shape index (κ1) is 35.1. The normalized spacial score (nSPS) is 20.4. The van der Waals surface area contributed by atoms with Gasteiger partial charge in [-0.3, -0.25) is 0 Å². The highest BCUT2D eigenvalue weighted by Crippen LogP contribution is 2.50. The van der Waals surface area contributed by atoms with E-state index in [-0.39, 0.29) is 21.9 Å². The van der Waals surface area contributed by atoms with Crippen molar-refractivity contribution in [2.45, 2.75) is 158 Å². The van der Waals surface area contributed by atoms with Crippen LogP contribution in [0.25, 0.3) is 0 Å². The largest absolute Gasteiger partial charge is 0.337 e. The van der Waals surface area contributed by atoms with E-state index in [1.165, 1.54) is 46.5 Å². The van der Waals surface area contributed by atoms with Crippen LogP contribution in [-0.2, 0) is 0 Å². The molecule has 2 aliphatic heterocycles. The molecule has 2 fully saturated rings. The van der Waals surface area contributed by atoms with E-state index < -0.39 is 0 Å². The summed E-state index contributed by atoms with van der Waals surface area (Å²) in [6.07, 6.45) is 2.36. The molecule has 0 radical (unpaired) electrons. The summed E-state index contributed by atoms with van der Waals surface area (Å²) in [5, 5.41) is 3.31. The molecule has 0 amide bonds. The number of nitrogens with zero attached hydrogens (tertiary/aromatic N) is 2. The lowest BCUT2D eigenvalue weighted by Gasteiger charge is -2.39. The second-order valence-corrected chi connectivity index (χ2v) is 20.5. The molecule has 0 spiro atoms. The Morgan fingerprint density at radius 3 is 0.955 bits per heavy atom. The van der Waals surface area contributed by atoms with Crippen LogP contribution in [0.5, 0.6) is 0 Å². The molecule has 2 aromatic carbocycles. The van der Waals surface area contributed by atoms with E-state index in [1.54, 1.807) is 10.6 Å². The molecule has 0 saturated carbocycles. The average molecular weight is 627 g/mol. The highest BCUT2D eigenvalue weighted by Gasteiger charge is 2.50. The molecule has 0 bridgehead atoms. The van der Waals surface area contributed by atoms with Crippen molar-refractivity contribution in [1.29, 1.82) is 0 Å². The number of hydrogen-bond acceptors (Lipinski definition) is 2. The monoisotopic (exact) mass is 626 g/mol. The van der Waals surface area contributed by atoms with E-state index in [4.69, 9.17) is 0 Å². The topological polar surface area (TPSA) is 6.48 Å². The van der Waals surface area contributed by atoms with Gasteiger partial charge in [0.1, 0.15) is 0 Å². The molecule has 0 N–H and O–H groups in total. The Balaban J connectivity index is 2.15. The zero-order valence-electron chi connectivity index (χ0n) is 31.1. The molecule has 240 valence electrons. The molecule has 0 unspecified atom stereocenters. The minimum absolute atomic E-state index is 0.0643. The van der Waals surface area contributed by atoms with Gasteiger partial charge in [0.25, 0.3) is 0 Å². The average Bonchev–Trinajstić information content (AvgIpc) is 3.18. The maximum atomic E-state index is 2.85. The molecule has 2 aliphatic rings. The van der Waals surface area contributed by atoms with Crippen LogP contribution in [0.2, 0.25) is 0 Å². The minimum Gasteiger partial charge on any atom is -0.337 e. The van der Waals surface area contributed by atoms with Gasteiger partial charge in [-0.25, -0.2) is 0 Å². The molecule has 2 saturated heterocycles. The van der Waals surface area contributed by atoms with Crippen LogP contribution < -0.4 is 9.80 Å². The van der Waals surface area contributed by atoms with E-state index in [9.17, 15) is 0 Å². The van der Waals surface area contributed by atoms with Gasteiger partial charge < -0.3 is 9.80 Å². The van der Waals surface area contributed by atoms with Crippen LogP contribution in [0.1, 0.15) is 170 Å². The van der Waals surface area contributed by atoms with Crippen LogP contribution >= 0.6 is 0 Å². The Bertz CT molecular complexity index is 1340. The summed E-state index contributed by atoms with van der Waals surface area (Å²) in [6.45, 7) is 39.0. The van der Waals surface area contributed by atoms with Crippen molar-refractivity contribution in [2.75, 3.05) is 9.80 Å². The van der Waals surface area contributed by atoms with E-state index in [0.29, 0.717) is 23.7 Å². The molecule has 2 nitrogen and oxygen atoms in total. The van der Waals surface area contributed by atoms with Crippen LogP contribution in [0.15, 0.2) is 36.4 Å². The predicted molar refractivity (Wildman–Crippen MR) is 201 cm³/mol. The first-order valence-electron chi connectivity index (χ1n) is 17.3. The molecule has 0 atom stereocenters. The predicted octanol–water partition coefficient (Wildman–Crippen LogP) is 10.5. The van der Waals surface area contributed by atoms with Gasteiger partial charge in [-0.1, -0.05) is 119 Å². The summed E-state index contributed by atoms with van der Waals surface area (Å²) in [5.74, 6) is 1.93.